The molecule has 0 aliphatic heterocycles. The molecule has 16 heavy (non-hydrogen) atoms. The molecule has 84 valence electrons. The third kappa shape index (κ3) is 1.73. The SMILES string of the molecule is NC(=O)C(O)C(O)c1cc2cn[nH]c2cn1. The highest BCUT2D eigenvalue weighted by molar-refractivity contribution is 5.80. The van der Waals surface area contributed by atoms with Gasteiger partial charge in [0.15, 0.2) is 6.10 Å². The van der Waals surface area contributed by atoms with Crippen LogP contribution in [0.1, 0.15) is 11.8 Å². The first-order valence-electron chi connectivity index (χ1n) is 4.54. The van der Waals surface area contributed by atoms with E-state index in [1.54, 1.807) is 6.20 Å². The van der Waals surface area contributed by atoms with Crippen LogP contribution in [0.25, 0.3) is 10.9 Å². The normalized spacial score (nSPS) is 14.9. The number of aromatic amines is 1. The van der Waals surface area contributed by atoms with E-state index in [-0.39, 0.29) is 5.69 Å². The number of aliphatic hydroxyl groups is 2. The molecule has 0 spiro atoms. The van der Waals surface area contributed by atoms with Crippen LogP contribution in [-0.4, -0.2) is 37.4 Å². The zero-order valence-corrected chi connectivity index (χ0v) is 8.16. The molecule has 0 aliphatic rings. The topological polar surface area (TPSA) is 125 Å². The van der Waals surface area contributed by atoms with Gasteiger partial charge in [0.05, 0.1) is 23.6 Å². The minimum Gasteiger partial charge on any atom is -0.384 e. The summed E-state index contributed by atoms with van der Waals surface area (Å²) in [5.41, 5.74) is 5.74. The molecule has 0 bridgehead atoms. The van der Waals surface area contributed by atoms with Crippen molar-refractivity contribution in [1.29, 1.82) is 0 Å². The summed E-state index contributed by atoms with van der Waals surface area (Å²) < 4.78 is 0. The van der Waals surface area contributed by atoms with Gasteiger partial charge in [0.1, 0.15) is 6.10 Å². The fraction of sp³-hybridized carbons (Fsp3) is 0.222. The van der Waals surface area contributed by atoms with Gasteiger partial charge < -0.3 is 15.9 Å². The van der Waals surface area contributed by atoms with Gasteiger partial charge in [-0.1, -0.05) is 0 Å². The van der Waals surface area contributed by atoms with E-state index < -0.39 is 18.1 Å². The number of hydrogen-bond acceptors (Lipinski definition) is 5. The van der Waals surface area contributed by atoms with Gasteiger partial charge in [0.25, 0.3) is 0 Å². The van der Waals surface area contributed by atoms with Crippen molar-refractivity contribution in [3.63, 3.8) is 0 Å². The number of carbonyl (C=O) groups excluding carboxylic acids is 1. The maximum Gasteiger partial charge on any atom is 0.249 e. The smallest absolute Gasteiger partial charge is 0.249 e. The molecular formula is C9H10N4O3. The summed E-state index contributed by atoms with van der Waals surface area (Å²) in [4.78, 5) is 14.6. The van der Waals surface area contributed by atoms with Crippen LogP contribution in [0.3, 0.4) is 0 Å². The molecule has 7 heteroatoms. The zero-order chi connectivity index (χ0) is 11.7. The predicted molar refractivity (Wildman–Crippen MR) is 54.0 cm³/mol. The molecule has 0 aliphatic carbocycles. The average Bonchev–Trinajstić information content (AvgIpc) is 2.73. The first-order valence-corrected chi connectivity index (χ1v) is 4.54. The van der Waals surface area contributed by atoms with Crippen molar-refractivity contribution < 1.29 is 15.0 Å². The van der Waals surface area contributed by atoms with E-state index in [2.05, 4.69) is 15.2 Å². The Labute approximate surface area is 89.9 Å². The molecule has 0 saturated heterocycles. The number of carbonyl (C=O) groups is 1. The third-order valence-electron chi connectivity index (χ3n) is 2.24. The van der Waals surface area contributed by atoms with Crippen molar-refractivity contribution in [2.24, 2.45) is 5.73 Å². The summed E-state index contributed by atoms with van der Waals surface area (Å²) in [5, 5.41) is 26.1. The molecule has 2 aromatic heterocycles. The fourth-order valence-corrected chi connectivity index (χ4v) is 1.34. The Morgan fingerprint density at radius 1 is 1.44 bits per heavy atom. The number of rotatable bonds is 3. The first kappa shape index (κ1) is 10.5. The van der Waals surface area contributed by atoms with Crippen LogP contribution in [0, 0.1) is 0 Å². The van der Waals surface area contributed by atoms with Crippen LogP contribution in [0.5, 0.6) is 0 Å². The van der Waals surface area contributed by atoms with Gasteiger partial charge in [-0.05, 0) is 6.07 Å². The maximum atomic E-state index is 10.7. The summed E-state index contributed by atoms with van der Waals surface area (Å²) in [6.45, 7) is 0. The van der Waals surface area contributed by atoms with E-state index in [9.17, 15) is 15.0 Å². The first-order chi connectivity index (χ1) is 7.59. The van der Waals surface area contributed by atoms with E-state index in [0.717, 1.165) is 5.39 Å². The average molecular weight is 222 g/mol. The Kier molecular flexibility index (Phi) is 2.55. The summed E-state index contributed by atoms with van der Waals surface area (Å²) in [6, 6.07) is 1.52. The second-order valence-electron chi connectivity index (χ2n) is 3.36. The van der Waals surface area contributed by atoms with Crippen LogP contribution in [-0.2, 0) is 4.79 Å². The van der Waals surface area contributed by atoms with E-state index >= 15 is 0 Å². The standard InChI is InChI=1S/C9H10N4O3/c10-9(16)8(15)7(14)5-1-4-2-12-13-6(4)3-11-5/h1-3,7-8,14-15H,(H2,10,16)(H,12,13). The molecule has 0 radical (unpaired) electrons. The number of aliphatic hydroxyl groups excluding tert-OH is 2. The molecule has 5 N–H and O–H groups in total. The fourth-order valence-electron chi connectivity index (χ4n) is 1.34. The van der Waals surface area contributed by atoms with Crippen molar-refractivity contribution in [3.05, 3.63) is 24.2 Å². The minimum atomic E-state index is -1.67. The lowest BCUT2D eigenvalue weighted by molar-refractivity contribution is -0.132. The maximum absolute atomic E-state index is 10.7. The molecule has 1 amide bonds. The lowest BCUT2D eigenvalue weighted by Crippen LogP contribution is -2.34. The van der Waals surface area contributed by atoms with E-state index in [0.29, 0.717) is 5.52 Å². The molecule has 2 unspecified atom stereocenters. The number of amides is 1. The van der Waals surface area contributed by atoms with Gasteiger partial charge in [0.2, 0.25) is 5.91 Å². The van der Waals surface area contributed by atoms with E-state index in [4.69, 9.17) is 5.73 Å². The van der Waals surface area contributed by atoms with Gasteiger partial charge in [0, 0.05) is 5.39 Å². The van der Waals surface area contributed by atoms with Crippen molar-refractivity contribution >= 4 is 16.8 Å². The number of H-pyrrole nitrogens is 1. The van der Waals surface area contributed by atoms with Gasteiger partial charge in [-0.25, -0.2) is 0 Å². The molecule has 2 heterocycles. The van der Waals surface area contributed by atoms with E-state index in [1.807, 2.05) is 0 Å². The summed E-state index contributed by atoms with van der Waals surface area (Å²) in [7, 11) is 0. The molecule has 0 saturated carbocycles. The number of nitrogens with zero attached hydrogens (tertiary/aromatic N) is 2. The number of nitrogens with one attached hydrogen (secondary N) is 1. The van der Waals surface area contributed by atoms with Crippen LogP contribution < -0.4 is 5.73 Å². The Hall–Kier alpha value is -1.99. The van der Waals surface area contributed by atoms with Gasteiger partial charge in [-0.15, -0.1) is 0 Å². The Balaban J connectivity index is 2.35. The molecule has 2 aromatic rings. The number of fused-ring (bicyclic) bond motifs is 1. The summed E-state index contributed by atoms with van der Waals surface area (Å²) in [6.07, 6.45) is -0.105. The Bertz CT molecular complexity index is 524. The lowest BCUT2D eigenvalue weighted by Gasteiger charge is -2.13. The zero-order valence-electron chi connectivity index (χ0n) is 8.16. The van der Waals surface area contributed by atoms with Crippen LogP contribution >= 0.6 is 0 Å². The second-order valence-corrected chi connectivity index (χ2v) is 3.36. The number of nitrogens with two attached hydrogens (primary N) is 1. The molecule has 2 rings (SSSR count). The van der Waals surface area contributed by atoms with Crippen molar-refractivity contribution in [2.75, 3.05) is 0 Å². The molecular weight excluding hydrogens is 212 g/mol. The Morgan fingerprint density at radius 3 is 2.88 bits per heavy atom. The number of primary amides is 1. The molecule has 0 aromatic carbocycles. The number of hydrogen-bond donors (Lipinski definition) is 4. The van der Waals surface area contributed by atoms with Crippen molar-refractivity contribution in [3.8, 4) is 0 Å². The highest BCUT2D eigenvalue weighted by atomic mass is 16.3. The monoisotopic (exact) mass is 222 g/mol. The number of pyridine rings is 1. The number of aromatic nitrogens is 3. The van der Waals surface area contributed by atoms with Crippen LogP contribution in [0.15, 0.2) is 18.5 Å². The molecule has 2 atom stereocenters. The van der Waals surface area contributed by atoms with Crippen molar-refractivity contribution in [2.45, 2.75) is 12.2 Å². The Morgan fingerprint density at radius 2 is 2.19 bits per heavy atom. The minimum absolute atomic E-state index is 0.167. The van der Waals surface area contributed by atoms with E-state index in [1.165, 1.54) is 12.3 Å². The van der Waals surface area contributed by atoms with Gasteiger partial charge in [-0.3, -0.25) is 14.9 Å². The highest BCUT2D eigenvalue weighted by Gasteiger charge is 2.24. The summed E-state index contributed by atoms with van der Waals surface area (Å²) >= 11 is 0. The summed E-state index contributed by atoms with van der Waals surface area (Å²) in [5.74, 6) is -0.999. The third-order valence-corrected chi connectivity index (χ3v) is 2.24. The van der Waals surface area contributed by atoms with Crippen LogP contribution in [0.2, 0.25) is 0 Å². The van der Waals surface area contributed by atoms with Gasteiger partial charge in [-0.2, -0.15) is 5.10 Å². The highest BCUT2D eigenvalue weighted by Crippen LogP contribution is 2.18. The second kappa shape index (κ2) is 3.87. The van der Waals surface area contributed by atoms with Crippen molar-refractivity contribution in [1.82, 2.24) is 15.2 Å². The largest absolute Gasteiger partial charge is 0.384 e. The van der Waals surface area contributed by atoms with Gasteiger partial charge >= 0.3 is 0 Å². The quantitative estimate of drug-likeness (QED) is 0.521. The predicted octanol–water partition coefficient (Wildman–Crippen LogP) is -1.16. The molecule has 0 fully saturated rings. The van der Waals surface area contributed by atoms with Crippen LogP contribution in [0.4, 0.5) is 0 Å². The lowest BCUT2D eigenvalue weighted by atomic mass is 10.1. The molecule has 7 nitrogen and oxygen atoms in total.